The second-order valence-electron chi connectivity index (χ2n) is 8.38. The van der Waals surface area contributed by atoms with Gasteiger partial charge in [0.25, 0.3) is 0 Å². The fourth-order valence-electron chi connectivity index (χ4n) is 4.51. The quantitative estimate of drug-likeness (QED) is 0.581. The van der Waals surface area contributed by atoms with Gasteiger partial charge in [0.15, 0.2) is 5.78 Å². The number of nitrogens with zero attached hydrogens (tertiary/aromatic N) is 3. The summed E-state index contributed by atoms with van der Waals surface area (Å²) in [6, 6.07) is 23.2. The van der Waals surface area contributed by atoms with Crippen LogP contribution in [0.15, 0.2) is 66.7 Å². The van der Waals surface area contributed by atoms with Crippen LogP contribution >= 0.6 is 0 Å². The Bertz CT molecular complexity index is 946. The molecular weight excluding hydrogens is 370 g/mol. The lowest BCUT2D eigenvalue weighted by Crippen LogP contribution is -2.46. The topological polar surface area (TPSA) is 28.5 Å². The molecule has 2 heterocycles. The Morgan fingerprint density at radius 2 is 1.40 bits per heavy atom. The van der Waals surface area contributed by atoms with Crippen molar-refractivity contribution in [3.8, 4) is 0 Å². The summed E-state index contributed by atoms with van der Waals surface area (Å²) in [5, 5.41) is 0. The average Bonchev–Trinajstić information content (AvgIpc) is 3.06. The number of likely N-dealkylation sites (N-methyl/N-ethyl adjacent to an activating group) is 1. The molecule has 2 aromatic carbocycles. The smallest absolute Gasteiger partial charge is 0.178 e. The summed E-state index contributed by atoms with van der Waals surface area (Å²) in [5.74, 6) is 0.221. The number of carbonyl (C=O) groups is 1. The minimum absolute atomic E-state index is 0.0533. The van der Waals surface area contributed by atoms with Gasteiger partial charge in [0.1, 0.15) is 0 Å². The number of hydrogen-bond donors (Lipinski definition) is 0. The minimum atomic E-state index is 0.0533. The number of rotatable bonds is 6. The third-order valence-corrected chi connectivity index (χ3v) is 6.24. The average molecular weight is 402 g/mol. The lowest BCUT2D eigenvalue weighted by molar-refractivity contribution is 0.0875. The molecule has 1 aliphatic rings. The Hall–Kier alpha value is -2.69. The number of aromatic nitrogens is 1. The van der Waals surface area contributed by atoms with Crippen molar-refractivity contribution in [2.75, 3.05) is 39.8 Å². The van der Waals surface area contributed by atoms with Crippen LogP contribution in [0.5, 0.6) is 0 Å². The van der Waals surface area contributed by atoms with Gasteiger partial charge in [0.05, 0.1) is 12.6 Å². The second-order valence-corrected chi connectivity index (χ2v) is 8.38. The van der Waals surface area contributed by atoms with Crippen LogP contribution in [0.1, 0.15) is 38.9 Å². The predicted molar refractivity (Wildman–Crippen MR) is 122 cm³/mol. The van der Waals surface area contributed by atoms with Crippen molar-refractivity contribution in [3.05, 3.63) is 94.8 Å². The summed E-state index contributed by atoms with van der Waals surface area (Å²) in [6.45, 7) is 8.66. The fraction of sp³-hybridized carbons (Fsp3) is 0.346. The SMILES string of the molecule is Cc1cc(C(=O)CN2CCN(C)CC2)c(C)n1C(c1ccccc1)c1ccccc1. The molecular formula is C26H31N3O. The standard InChI is InChI=1S/C26H31N3O/c1-20-18-24(25(30)19-28-16-14-27(3)15-17-28)21(2)29(20)26(22-10-6-4-7-11-22)23-12-8-5-9-13-23/h4-13,18,26H,14-17,19H2,1-3H3. The molecule has 0 aliphatic carbocycles. The predicted octanol–water partition coefficient (Wildman–Crippen LogP) is 4.17. The molecule has 4 rings (SSSR count). The first-order valence-corrected chi connectivity index (χ1v) is 10.8. The zero-order chi connectivity index (χ0) is 21.1. The van der Waals surface area contributed by atoms with Crippen molar-refractivity contribution in [2.45, 2.75) is 19.9 Å². The molecule has 0 unspecified atom stereocenters. The Morgan fingerprint density at radius 3 is 1.93 bits per heavy atom. The van der Waals surface area contributed by atoms with E-state index in [4.69, 9.17) is 0 Å². The van der Waals surface area contributed by atoms with Gasteiger partial charge in [0, 0.05) is 43.1 Å². The zero-order valence-electron chi connectivity index (χ0n) is 18.2. The number of Topliss-reactive ketones (excluding diaryl/α,β-unsaturated/α-hetero) is 1. The largest absolute Gasteiger partial charge is 0.337 e. The molecule has 1 aromatic heterocycles. The highest BCUT2D eigenvalue weighted by Gasteiger charge is 2.25. The van der Waals surface area contributed by atoms with E-state index in [2.05, 4.69) is 89.9 Å². The van der Waals surface area contributed by atoms with Crippen LogP contribution in [0.2, 0.25) is 0 Å². The first kappa shape index (κ1) is 20.6. The Morgan fingerprint density at radius 1 is 0.867 bits per heavy atom. The van der Waals surface area contributed by atoms with Gasteiger partial charge in [-0.15, -0.1) is 0 Å². The third-order valence-electron chi connectivity index (χ3n) is 6.24. The second kappa shape index (κ2) is 8.99. The van der Waals surface area contributed by atoms with Gasteiger partial charge in [-0.05, 0) is 38.1 Å². The molecule has 0 radical (unpaired) electrons. The maximum absolute atomic E-state index is 13.2. The number of aryl methyl sites for hydroxylation is 1. The molecule has 3 aromatic rings. The number of benzene rings is 2. The highest BCUT2D eigenvalue weighted by atomic mass is 16.1. The van der Waals surface area contributed by atoms with Crippen molar-refractivity contribution in [1.82, 2.24) is 14.4 Å². The number of ketones is 1. The lowest BCUT2D eigenvalue weighted by Gasteiger charge is -2.31. The summed E-state index contributed by atoms with van der Waals surface area (Å²) in [7, 11) is 2.14. The number of carbonyl (C=O) groups excluding carboxylic acids is 1. The molecule has 30 heavy (non-hydrogen) atoms. The fourth-order valence-corrected chi connectivity index (χ4v) is 4.51. The first-order chi connectivity index (χ1) is 14.5. The van der Waals surface area contributed by atoms with Gasteiger partial charge in [0.2, 0.25) is 0 Å². The summed E-state index contributed by atoms with van der Waals surface area (Å²) in [5.41, 5.74) is 5.46. The van der Waals surface area contributed by atoms with Gasteiger partial charge in [-0.3, -0.25) is 9.69 Å². The monoisotopic (exact) mass is 401 g/mol. The Labute approximate surface area is 179 Å². The van der Waals surface area contributed by atoms with Crippen molar-refractivity contribution in [1.29, 1.82) is 0 Å². The molecule has 0 amide bonds. The molecule has 4 heteroatoms. The molecule has 0 atom stereocenters. The van der Waals surface area contributed by atoms with E-state index in [1.807, 2.05) is 12.1 Å². The third kappa shape index (κ3) is 4.25. The Balaban J connectivity index is 1.68. The van der Waals surface area contributed by atoms with Gasteiger partial charge < -0.3 is 9.47 Å². The van der Waals surface area contributed by atoms with Crippen LogP contribution < -0.4 is 0 Å². The highest BCUT2D eigenvalue weighted by molar-refractivity contribution is 5.99. The molecule has 1 aliphatic heterocycles. The molecule has 0 N–H and O–H groups in total. The maximum Gasteiger partial charge on any atom is 0.178 e. The molecule has 1 saturated heterocycles. The lowest BCUT2D eigenvalue weighted by atomic mass is 9.98. The summed E-state index contributed by atoms with van der Waals surface area (Å²) in [6.07, 6.45) is 0. The zero-order valence-corrected chi connectivity index (χ0v) is 18.2. The van der Waals surface area contributed by atoms with E-state index in [1.165, 1.54) is 11.1 Å². The van der Waals surface area contributed by atoms with Crippen molar-refractivity contribution in [2.24, 2.45) is 0 Å². The van der Waals surface area contributed by atoms with Crippen LogP contribution in [0, 0.1) is 13.8 Å². The Kier molecular flexibility index (Phi) is 6.16. The normalized spacial score (nSPS) is 15.6. The van der Waals surface area contributed by atoms with E-state index in [0.29, 0.717) is 6.54 Å². The van der Waals surface area contributed by atoms with Crippen molar-refractivity contribution < 1.29 is 4.79 Å². The molecule has 1 fully saturated rings. The van der Waals surface area contributed by atoms with Gasteiger partial charge >= 0.3 is 0 Å². The van der Waals surface area contributed by atoms with Gasteiger partial charge in [-0.1, -0.05) is 60.7 Å². The summed E-state index contributed by atoms with van der Waals surface area (Å²) >= 11 is 0. The van der Waals surface area contributed by atoms with Gasteiger partial charge in [-0.2, -0.15) is 0 Å². The summed E-state index contributed by atoms with van der Waals surface area (Å²) in [4.78, 5) is 17.8. The number of hydrogen-bond acceptors (Lipinski definition) is 3. The van der Waals surface area contributed by atoms with Crippen LogP contribution in [0.25, 0.3) is 0 Å². The van der Waals surface area contributed by atoms with Crippen molar-refractivity contribution in [3.63, 3.8) is 0 Å². The van der Waals surface area contributed by atoms with Crippen LogP contribution in [-0.4, -0.2) is 59.9 Å². The van der Waals surface area contributed by atoms with E-state index in [-0.39, 0.29) is 11.8 Å². The first-order valence-electron chi connectivity index (χ1n) is 10.8. The van der Waals surface area contributed by atoms with E-state index < -0.39 is 0 Å². The molecule has 0 bridgehead atoms. The van der Waals surface area contributed by atoms with Crippen LogP contribution in [0.3, 0.4) is 0 Å². The van der Waals surface area contributed by atoms with Gasteiger partial charge in [-0.25, -0.2) is 0 Å². The van der Waals surface area contributed by atoms with Crippen molar-refractivity contribution >= 4 is 5.78 Å². The van der Waals surface area contributed by atoms with Crippen LogP contribution in [0.4, 0.5) is 0 Å². The number of piperazine rings is 1. The summed E-state index contributed by atoms with van der Waals surface area (Å²) < 4.78 is 2.32. The maximum atomic E-state index is 13.2. The van der Waals surface area contributed by atoms with E-state index >= 15 is 0 Å². The molecule has 0 saturated carbocycles. The molecule has 156 valence electrons. The van der Waals surface area contributed by atoms with E-state index in [0.717, 1.165) is 43.1 Å². The minimum Gasteiger partial charge on any atom is -0.337 e. The molecule has 0 spiro atoms. The molecule has 4 nitrogen and oxygen atoms in total. The van der Waals surface area contributed by atoms with E-state index in [9.17, 15) is 4.79 Å². The van der Waals surface area contributed by atoms with E-state index in [1.54, 1.807) is 0 Å². The van der Waals surface area contributed by atoms with Crippen LogP contribution in [-0.2, 0) is 0 Å². The highest BCUT2D eigenvalue weighted by Crippen LogP contribution is 2.31.